The largest absolute Gasteiger partial charge is 0.445 e. The van der Waals surface area contributed by atoms with E-state index in [1.54, 1.807) is 4.90 Å². The molecular formula is C21H23IN2O3. The van der Waals surface area contributed by atoms with Crippen LogP contribution in [0.2, 0.25) is 0 Å². The van der Waals surface area contributed by atoms with Gasteiger partial charge in [-0.25, -0.2) is 4.79 Å². The number of hydrogen-bond donors (Lipinski definition) is 1. The molecule has 1 heterocycles. The third-order valence-corrected chi connectivity index (χ3v) is 5.96. The molecule has 0 saturated carbocycles. The molecule has 0 bridgehead atoms. The fourth-order valence-corrected chi connectivity index (χ4v) is 3.44. The molecule has 3 rings (SSSR count). The van der Waals surface area contributed by atoms with Crippen LogP contribution in [0.1, 0.15) is 24.0 Å². The minimum absolute atomic E-state index is 0.0212. The Morgan fingerprint density at radius 2 is 1.85 bits per heavy atom. The van der Waals surface area contributed by atoms with Crippen LogP contribution in [0.4, 0.5) is 10.5 Å². The van der Waals surface area contributed by atoms with Gasteiger partial charge >= 0.3 is 6.09 Å². The first-order valence-electron chi connectivity index (χ1n) is 9.05. The number of nitrogens with zero attached hydrogens (tertiary/aromatic N) is 1. The Balaban J connectivity index is 1.45. The first-order chi connectivity index (χ1) is 13.0. The van der Waals surface area contributed by atoms with E-state index in [9.17, 15) is 9.59 Å². The van der Waals surface area contributed by atoms with Crippen LogP contribution in [0.25, 0.3) is 0 Å². The molecule has 0 aromatic heterocycles. The number of hydrogen-bond acceptors (Lipinski definition) is 3. The monoisotopic (exact) mass is 478 g/mol. The second-order valence-electron chi connectivity index (χ2n) is 6.75. The number of anilines is 1. The Morgan fingerprint density at radius 3 is 2.52 bits per heavy atom. The van der Waals surface area contributed by atoms with Gasteiger partial charge in [-0.2, -0.15) is 0 Å². The number of likely N-dealkylation sites (tertiary alicyclic amines) is 1. The van der Waals surface area contributed by atoms with Gasteiger partial charge in [-0.1, -0.05) is 30.3 Å². The summed E-state index contributed by atoms with van der Waals surface area (Å²) in [6.45, 7) is 3.37. The Bertz CT molecular complexity index is 802. The van der Waals surface area contributed by atoms with Crippen LogP contribution in [0.15, 0.2) is 48.5 Å². The fourth-order valence-electron chi connectivity index (χ4n) is 3.10. The van der Waals surface area contributed by atoms with Gasteiger partial charge in [0.2, 0.25) is 5.91 Å². The van der Waals surface area contributed by atoms with Crippen molar-refractivity contribution < 1.29 is 14.3 Å². The van der Waals surface area contributed by atoms with Crippen molar-refractivity contribution in [3.63, 3.8) is 0 Å². The lowest BCUT2D eigenvalue weighted by atomic mass is 9.96. The number of nitrogens with one attached hydrogen (secondary N) is 1. The van der Waals surface area contributed by atoms with E-state index < -0.39 is 0 Å². The molecular weight excluding hydrogens is 455 g/mol. The summed E-state index contributed by atoms with van der Waals surface area (Å²) in [5.74, 6) is -0.0596. The highest BCUT2D eigenvalue weighted by Crippen LogP contribution is 2.22. The molecule has 2 aromatic carbocycles. The maximum absolute atomic E-state index is 12.5. The summed E-state index contributed by atoms with van der Waals surface area (Å²) in [7, 11) is 0. The van der Waals surface area contributed by atoms with Gasteiger partial charge in [0.15, 0.2) is 0 Å². The van der Waals surface area contributed by atoms with E-state index in [1.165, 1.54) is 3.57 Å². The molecule has 1 aliphatic heterocycles. The predicted octanol–water partition coefficient (Wildman–Crippen LogP) is 4.59. The Labute approximate surface area is 173 Å². The minimum Gasteiger partial charge on any atom is -0.445 e. The Hall–Kier alpha value is -2.09. The van der Waals surface area contributed by atoms with Gasteiger partial charge in [-0.15, -0.1) is 0 Å². The van der Waals surface area contributed by atoms with Crippen LogP contribution >= 0.6 is 22.6 Å². The maximum Gasteiger partial charge on any atom is 0.410 e. The third-order valence-electron chi connectivity index (χ3n) is 4.75. The number of carbonyl (C=O) groups is 2. The van der Waals surface area contributed by atoms with Crippen molar-refractivity contribution in [3.8, 4) is 0 Å². The zero-order valence-electron chi connectivity index (χ0n) is 15.3. The van der Waals surface area contributed by atoms with Gasteiger partial charge in [0.05, 0.1) is 0 Å². The molecule has 1 fully saturated rings. The van der Waals surface area contributed by atoms with Crippen molar-refractivity contribution >= 4 is 40.3 Å². The van der Waals surface area contributed by atoms with Crippen molar-refractivity contribution in [2.45, 2.75) is 26.4 Å². The lowest BCUT2D eigenvalue weighted by molar-refractivity contribution is -0.121. The van der Waals surface area contributed by atoms with Crippen LogP contribution in [0.5, 0.6) is 0 Å². The highest BCUT2D eigenvalue weighted by molar-refractivity contribution is 14.1. The van der Waals surface area contributed by atoms with Gasteiger partial charge in [0.25, 0.3) is 0 Å². The van der Waals surface area contributed by atoms with E-state index >= 15 is 0 Å². The summed E-state index contributed by atoms with van der Waals surface area (Å²) in [6.07, 6.45) is 0.983. The lowest BCUT2D eigenvalue weighted by Gasteiger charge is -2.30. The number of aryl methyl sites for hydroxylation is 1. The molecule has 6 heteroatoms. The Kier molecular flexibility index (Phi) is 6.71. The van der Waals surface area contributed by atoms with Crippen LogP contribution in [-0.2, 0) is 16.1 Å². The summed E-state index contributed by atoms with van der Waals surface area (Å²) in [4.78, 5) is 26.4. The molecule has 2 aromatic rings. The molecule has 142 valence electrons. The summed E-state index contributed by atoms with van der Waals surface area (Å²) < 4.78 is 6.54. The van der Waals surface area contributed by atoms with E-state index in [2.05, 4.69) is 27.9 Å². The standard InChI is InChI=1S/C21H23IN2O3/c1-15-13-18(7-8-19(15)22)23-20(25)17-9-11-24(12-10-17)21(26)27-14-16-5-3-2-4-6-16/h2-8,13,17H,9-12,14H2,1H3,(H,23,25). The zero-order valence-corrected chi connectivity index (χ0v) is 17.4. The van der Waals surface area contributed by atoms with Crippen molar-refractivity contribution in [2.24, 2.45) is 5.92 Å². The Morgan fingerprint density at radius 1 is 1.15 bits per heavy atom. The molecule has 0 aliphatic carbocycles. The first kappa shape index (κ1) is 19.7. The highest BCUT2D eigenvalue weighted by Gasteiger charge is 2.28. The van der Waals surface area contributed by atoms with Gasteiger partial charge in [-0.05, 0) is 71.7 Å². The summed E-state index contributed by atoms with van der Waals surface area (Å²) in [5.41, 5.74) is 2.93. The number of amides is 2. The van der Waals surface area contributed by atoms with E-state index in [1.807, 2.05) is 55.5 Å². The van der Waals surface area contributed by atoms with E-state index in [4.69, 9.17) is 4.74 Å². The SMILES string of the molecule is Cc1cc(NC(=O)C2CCN(C(=O)OCc3ccccc3)CC2)ccc1I. The van der Waals surface area contributed by atoms with E-state index in [0.717, 1.165) is 16.8 Å². The second kappa shape index (κ2) is 9.21. The number of piperidine rings is 1. The number of benzene rings is 2. The normalized spacial score (nSPS) is 14.7. The van der Waals surface area contributed by atoms with Crippen LogP contribution in [-0.4, -0.2) is 30.0 Å². The molecule has 0 spiro atoms. The second-order valence-corrected chi connectivity index (χ2v) is 7.92. The molecule has 1 aliphatic rings. The molecule has 0 unspecified atom stereocenters. The highest BCUT2D eigenvalue weighted by atomic mass is 127. The van der Waals surface area contributed by atoms with Crippen molar-refractivity contribution in [3.05, 3.63) is 63.2 Å². The van der Waals surface area contributed by atoms with Crippen LogP contribution in [0.3, 0.4) is 0 Å². The van der Waals surface area contributed by atoms with Crippen molar-refractivity contribution in [2.75, 3.05) is 18.4 Å². The molecule has 0 atom stereocenters. The quantitative estimate of drug-likeness (QED) is 0.655. The van der Waals surface area contributed by atoms with Crippen molar-refractivity contribution in [1.82, 2.24) is 4.90 Å². The predicted molar refractivity (Wildman–Crippen MR) is 113 cm³/mol. The molecule has 0 radical (unpaired) electrons. The van der Waals surface area contributed by atoms with Crippen molar-refractivity contribution in [1.29, 1.82) is 0 Å². The number of carbonyl (C=O) groups excluding carboxylic acids is 2. The first-order valence-corrected chi connectivity index (χ1v) is 10.1. The van der Waals surface area contributed by atoms with E-state index in [0.29, 0.717) is 25.9 Å². The smallest absolute Gasteiger partial charge is 0.410 e. The average Bonchev–Trinajstić information content (AvgIpc) is 2.70. The molecule has 1 N–H and O–H groups in total. The van der Waals surface area contributed by atoms with E-state index in [-0.39, 0.29) is 24.5 Å². The topological polar surface area (TPSA) is 58.6 Å². The lowest BCUT2D eigenvalue weighted by Crippen LogP contribution is -2.41. The number of rotatable bonds is 4. The summed E-state index contributed by atoms with van der Waals surface area (Å²) in [5, 5.41) is 2.99. The zero-order chi connectivity index (χ0) is 19.2. The van der Waals surface area contributed by atoms with Crippen LogP contribution in [0, 0.1) is 16.4 Å². The van der Waals surface area contributed by atoms with Gasteiger partial charge in [-0.3, -0.25) is 4.79 Å². The maximum atomic E-state index is 12.5. The third kappa shape index (κ3) is 5.45. The van der Waals surface area contributed by atoms with Gasteiger partial charge in [0, 0.05) is 28.3 Å². The van der Waals surface area contributed by atoms with Crippen LogP contribution < -0.4 is 5.32 Å². The fraction of sp³-hybridized carbons (Fsp3) is 0.333. The molecule has 1 saturated heterocycles. The van der Waals surface area contributed by atoms with Gasteiger partial charge < -0.3 is 15.0 Å². The summed E-state index contributed by atoms with van der Waals surface area (Å²) in [6, 6.07) is 15.5. The summed E-state index contributed by atoms with van der Waals surface area (Å²) >= 11 is 2.27. The molecule has 5 nitrogen and oxygen atoms in total. The minimum atomic E-state index is -0.314. The average molecular weight is 478 g/mol. The molecule has 2 amide bonds. The molecule has 27 heavy (non-hydrogen) atoms. The number of halogens is 1. The number of ether oxygens (including phenoxy) is 1. The van der Waals surface area contributed by atoms with Gasteiger partial charge in [0.1, 0.15) is 6.61 Å².